The summed E-state index contributed by atoms with van der Waals surface area (Å²) in [4.78, 5) is 106. The van der Waals surface area contributed by atoms with Crippen molar-refractivity contribution in [3.05, 3.63) is 130 Å². The Morgan fingerprint density at radius 2 is 1.17 bits per heavy atom. The molecule has 0 spiro atoms. The quantitative estimate of drug-likeness (QED) is 0.0550. The number of carboxylic acid groups (broad SMARTS) is 4. The number of hydrogen-bond donors (Lipinski definition) is 4. The number of aldehydes is 1. The van der Waals surface area contributed by atoms with Crippen LogP contribution in [-0.4, -0.2) is 114 Å². The normalized spacial score (nSPS) is 23.0. The van der Waals surface area contributed by atoms with E-state index < -0.39 is 86.5 Å². The Morgan fingerprint density at radius 3 is 1.61 bits per heavy atom. The zero-order valence-electron chi connectivity index (χ0n) is 35.5. The second kappa shape index (κ2) is 20.6. The van der Waals surface area contributed by atoms with Gasteiger partial charge in [-0.15, -0.1) is 0 Å². The Balaban J connectivity index is 1.61. The van der Waals surface area contributed by atoms with Crippen LogP contribution in [0.4, 0.5) is 0 Å². The summed E-state index contributed by atoms with van der Waals surface area (Å²) < 4.78 is 0. The van der Waals surface area contributed by atoms with Crippen LogP contribution in [0.3, 0.4) is 0 Å². The van der Waals surface area contributed by atoms with Gasteiger partial charge in [-0.3, -0.25) is 24.2 Å². The number of carbonyl (C=O) groups is 8. The van der Waals surface area contributed by atoms with E-state index in [1.54, 1.807) is 72.7 Å². The first kappa shape index (κ1) is 47.4. The van der Waals surface area contributed by atoms with Crippen LogP contribution in [0.2, 0.25) is 0 Å². The molecule has 3 amide bonds. The lowest BCUT2D eigenvalue weighted by Crippen LogP contribution is -2.50. The smallest absolute Gasteiger partial charge is 0.336 e. The van der Waals surface area contributed by atoms with Crippen molar-refractivity contribution in [3.63, 3.8) is 0 Å². The molecule has 3 saturated heterocycles. The highest BCUT2D eigenvalue weighted by Crippen LogP contribution is 2.74. The van der Waals surface area contributed by atoms with Gasteiger partial charge in [0, 0.05) is 38.6 Å². The van der Waals surface area contributed by atoms with Gasteiger partial charge in [0.25, 0.3) is 0 Å². The molecule has 3 fully saturated rings. The number of hydrogen-bond acceptors (Lipinski definition) is 9. The van der Waals surface area contributed by atoms with Gasteiger partial charge < -0.3 is 25.2 Å². The molecule has 0 aliphatic carbocycles. The van der Waals surface area contributed by atoms with Crippen LogP contribution in [0.1, 0.15) is 117 Å². The number of carbonyl (C=O) groups excluding carboxylic acids is 4. The third-order valence-corrected chi connectivity index (χ3v) is 18.6. The Bertz CT molecular complexity index is 2320. The Kier molecular flexibility index (Phi) is 15.3. The monoisotopic (exact) mass is 912 g/mol. The van der Waals surface area contributed by atoms with E-state index in [4.69, 9.17) is 0 Å². The summed E-state index contributed by atoms with van der Waals surface area (Å²) in [7, 11) is -1.91. The van der Waals surface area contributed by atoms with Gasteiger partial charge in [0.2, 0.25) is 17.7 Å². The standard InChI is InChI=1S/C46H50N4O12P2/c1-4-5-6-14-29(27-39(55)56)28(2)40-48(36(52)21-13-24-51)47(3)41(30-15-7-10-18-33(30)44(57)58)63(40)25-26-64-42(31-16-8-11-19-34(31)45(59)60)49-37(53)22-23-38(54)50(49)43(64)32-17-9-12-20-35(32)46(61)62/h4-5,7-12,14-20,24,28,40-43H,6,13,21-23,25-27H2,1-3H3,(H,55,56)(H,57,58)(H,59,60)(H,61,62)/b5-4-,29-14-. The largest absolute Gasteiger partial charge is 0.481 e. The third kappa shape index (κ3) is 9.40. The van der Waals surface area contributed by atoms with Crippen molar-refractivity contribution in [1.29, 1.82) is 0 Å². The molecule has 3 heterocycles. The summed E-state index contributed by atoms with van der Waals surface area (Å²) in [6.07, 6.45) is 5.88. The fourth-order valence-electron chi connectivity index (χ4n) is 9.15. The topological polar surface area (TPSA) is 230 Å². The highest BCUT2D eigenvalue weighted by molar-refractivity contribution is 7.63. The Hall–Kier alpha value is -6.08. The molecule has 3 aliphatic rings. The molecule has 18 heteroatoms. The minimum absolute atomic E-state index is 0.0256. The molecule has 3 aromatic rings. The van der Waals surface area contributed by atoms with E-state index in [0.717, 1.165) is 0 Å². The summed E-state index contributed by atoms with van der Waals surface area (Å²) in [5, 5.41) is 47.5. The number of fused-ring (bicyclic) bond motifs is 1. The average Bonchev–Trinajstić information content (AvgIpc) is 3.77. The highest BCUT2D eigenvalue weighted by Gasteiger charge is 2.57. The molecule has 4 N–H and O–H groups in total. The van der Waals surface area contributed by atoms with Crippen molar-refractivity contribution in [2.75, 3.05) is 19.4 Å². The molecular formula is C46H50N4O12P2. The van der Waals surface area contributed by atoms with Crippen molar-refractivity contribution >= 4 is 63.7 Å². The van der Waals surface area contributed by atoms with Crippen molar-refractivity contribution in [2.24, 2.45) is 5.92 Å². The van der Waals surface area contributed by atoms with Gasteiger partial charge in [-0.05, 0) is 68.5 Å². The molecule has 3 aromatic carbocycles. The first-order chi connectivity index (χ1) is 30.6. The summed E-state index contributed by atoms with van der Waals surface area (Å²) >= 11 is 0. The molecule has 6 unspecified atom stereocenters. The number of carboxylic acids is 4. The molecule has 336 valence electrons. The zero-order valence-corrected chi connectivity index (χ0v) is 37.3. The third-order valence-electron chi connectivity index (χ3n) is 11.9. The van der Waals surface area contributed by atoms with Gasteiger partial charge in [0.05, 0.1) is 34.7 Å². The summed E-state index contributed by atoms with van der Waals surface area (Å²) in [6.45, 7) is 3.66. The first-order valence-electron chi connectivity index (χ1n) is 20.8. The summed E-state index contributed by atoms with van der Waals surface area (Å²) in [5.41, 5.74) is 1.16. The van der Waals surface area contributed by atoms with Crippen molar-refractivity contribution in [2.45, 2.75) is 75.5 Å². The molecule has 16 nitrogen and oxygen atoms in total. The van der Waals surface area contributed by atoms with E-state index in [0.29, 0.717) is 23.8 Å². The zero-order chi connectivity index (χ0) is 46.4. The van der Waals surface area contributed by atoms with Gasteiger partial charge in [-0.1, -0.05) is 93.2 Å². The molecule has 6 atom stereocenters. The number of allylic oxidation sites excluding steroid dienone is 3. The lowest BCUT2D eigenvalue weighted by Gasteiger charge is -2.37. The number of hydrazine groups is 2. The Morgan fingerprint density at radius 1 is 0.719 bits per heavy atom. The molecule has 6 rings (SSSR count). The number of aliphatic carboxylic acids is 1. The van der Waals surface area contributed by atoms with Crippen LogP contribution in [-0.2, 0) is 24.0 Å². The average molecular weight is 913 g/mol. The predicted molar refractivity (Wildman–Crippen MR) is 238 cm³/mol. The molecule has 64 heavy (non-hydrogen) atoms. The Labute approximate surface area is 372 Å². The van der Waals surface area contributed by atoms with Crippen LogP contribution in [0.5, 0.6) is 0 Å². The van der Waals surface area contributed by atoms with E-state index in [1.807, 2.05) is 26.0 Å². The number of nitrogens with zero attached hydrogens (tertiary/aromatic N) is 4. The van der Waals surface area contributed by atoms with E-state index in [1.165, 1.54) is 33.2 Å². The van der Waals surface area contributed by atoms with Gasteiger partial charge in [0.15, 0.2) is 0 Å². The number of rotatable bonds is 18. The molecule has 0 bridgehead atoms. The van der Waals surface area contributed by atoms with Gasteiger partial charge in [-0.2, -0.15) is 0 Å². The first-order valence-corrected chi connectivity index (χ1v) is 24.1. The van der Waals surface area contributed by atoms with E-state index in [-0.39, 0.29) is 72.2 Å². The maximum Gasteiger partial charge on any atom is 0.336 e. The lowest BCUT2D eigenvalue weighted by molar-refractivity contribution is -0.171. The molecular weight excluding hydrogens is 862 g/mol. The lowest BCUT2D eigenvalue weighted by atomic mass is 9.96. The van der Waals surface area contributed by atoms with E-state index >= 15 is 0 Å². The molecule has 0 saturated carbocycles. The minimum atomic E-state index is -1.87. The van der Waals surface area contributed by atoms with Gasteiger partial charge in [-0.25, -0.2) is 29.4 Å². The molecule has 3 aliphatic heterocycles. The maximum atomic E-state index is 14.4. The van der Waals surface area contributed by atoms with Gasteiger partial charge in [0.1, 0.15) is 17.9 Å². The van der Waals surface area contributed by atoms with Crippen molar-refractivity contribution in [3.8, 4) is 0 Å². The SMILES string of the molecule is C/C=C\C/C=C(/CC(=O)O)C(C)C1N(C(=O)CCC=O)N(C)C(c2ccccc2C(=O)O)P1CCP1C(c2ccccc2C(=O)O)N2C(=O)CCC(=O)N2C1c1ccccc1C(=O)O. The van der Waals surface area contributed by atoms with Gasteiger partial charge >= 0.3 is 23.9 Å². The highest BCUT2D eigenvalue weighted by atomic mass is 31.1. The van der Waals surface area contributed by atoms with Crippen LogP contribution < -0.4 is 0 Å². The number of benzene rings is 3. The maximum absolute atomic E-state index is 14.4. The number of amides is 3. The van der Waals surface area contributed by atoms with Crippen LogP contribution in [0.15, 0.2) is 96.6 Å². The molecule has 0 aromatic heterocycles. The fourth-order valence-corrected chi connectivity index (χ4v) is 17.2. The minimum Gasteiger partial charge on any atom is -0.481 e. The van der Waals surface area contributed by atoms with Crippen molar-refractivity contribution < 1.29 is 58.8 Å². The molecule has 0 radical (unpaired) electrons. The summed E-state index contributed by atoms with van der Waals surface area (Å²) in [6, 6.07) is 18.8. The van der Waals surface area contributed by atoms with Crippen LogP contribution >= 0.6 is 15.8 Å². The number of aromatic carboxylic acids is 3. The van der Waals surface area contributed by atoms with E-state index in [9.17, 15) is 58.8 Å². The second-order valence-corrected chi connectivity index (χ2v) is 20.6. The van der Waals surface area contributed by atoms with Crippen molar-refractivity contribution in [1.82, 2.24) is 20.0 Å². The fraction of sp³-hybridized carbons (Fsp3) is 0.348. The predicted octanol–water partition coefficient (Wildman–Crippen LogP) is 7.52. The summed E-state index contributed by atoms with van der Waals surface area (Å²) in [5.74, 6) is -10.5. The van der Waals surface area contributed by atoms with Crippen LogP contribution in [0, 0.1) is 5.92 Å². The van der Waals surface area contributed by atoms with E-state index in [2.05, 4.69) is 0 Å². The second-order valence-electron chi connectivity index (χ2n) is 15.6. The van der Waals surface area contributed by atoms with Crippen LogP contribution in [0.25, 0.3) is 0 Å².